The van der Waals surface area contributed by atoms with E-state index in [2.05, 4.69) is 33.5 Å². The summed E-state index contributed by atoms with van der Waals surface area (Å²) >= 11 is 0. The summed E-state index contributed by atoms with van der Waals surface area (Å²) in [5.41, 5.74) is 0.935. The Hall–Kier alpha value is -2.75. The number of piperazine rings is 1. The number of halogens is 1. The molecule has 2 heterocycles. The second kappa shape index (κ2) is 8.55. The molecule has 1 aliphatic heterocycles. The third-order valence-electron chi connectivity index (χ3n) is 5.18. The lowest BCUT2D eigenvalue weighted by atomic mass is 9.99. The molecule has 1 atom stereocenters. The van der Waals surface area contributed by atoms with Gasteiger partial charge in [0.05, 0.1) is 18.7 Å². The van der Waals surface area contributed by atoms with Crippen molar-refractivity contribution in [2.45, 2.75) is 24.8 Å². The number of rotatable bonds is 5. The van der Waals surface area contributed by atoms with Crippen molar-refractivity contribution in [2.24, 2.45) is 5.92 Å². The number of hydrogen-bond donors (Lipinski definition) is 0. The number of anilines is 2. The van der Waals surface area contributed by atoms with Crippen LogP contribution >= 0.6 is 0 Å². The molecule has 0 saturated carbocycles. The van der Waals surface area contributed by atoms with E-state index in [0.29, 0.717) is 31.3 Å². The molecule has 1 aromatic carbocycles. The minimum Gasteiger partial charge on any atom is -0.465 e. The predicted molar refractivity (Wildman–Crippen MR) is 111 cm³/mol. The van der Waals surface area contributed by atoms with Gasteiger partial charge in [0, 0.05) is 44.0 Å². The maximum atomic E-state index is 14.0. The Morgan fingerprint density at radius 1 is 1.23 bits per heavy atom. The highest BCUT2D eigenvalue weighted by Crippen LogP contribution is 2.28. The van der Waals surface area contributed by atoms with Crippen molar-refractivity contribution < 1.29 is 22.3 Å². The molecule has 30 heavy (non-hydrogen) atoms. The third-order valence-corrected chi connectivity index (χ3v) is 6.30. The average molecular weight is 437 g/mol. The van der Waals surface area contributed by atoms with Crippen LogP contribution in [0.15, 0.2) is 35.5 Å². The largest absolute Gasteiger partial charge is 0.465 e. The smallest absolute Gasteiger partial charge is 0.341 e. The maximum Gasteiger partial charge on any atom is 0.341 e. The van der Waals surface area contributed by atoms with Gasteiger partial charge in [-0.1, -0.05) is 13.8 Å². The van der Waals surface area contributed by atoms with E-state index in [9.17, 15) is 17.6 Å². The summed E-state index contributed by atoms with van der Waals surface area (Å²) in [5, 5.41) is 0. The zero-order valence-electron chi connectivity index (χ0n) is 17.4. The monoisotopic (exact) mass is 436 g/mol. The van der Waals surface area contributed by atoms with Crippen LogP contribution in [0.3, 0.4) is 0 Å². The first-order valence-corrected chi connectivity index (χ1v) is 11.4. The predicted octanol–water partition coefficient (Wildman–Crippen LogP) is 2.16. The van der Waals surface area contributed by atoms with Crippen LogP contribution in [0.1, 0.15) is 24.2 Å². The van der Waals surface area contributed by atoms with Gasteiger partial charge in [-0.3, -0.25) is 0 Å². The van der Waals surface area contributed by atoms with Gasteiger partial charge >= 0.3 is 5.97 Å². The summed E-state index contributed by atoms with van der Waals surface area (Å²) in [6.07, 6.45) is 3.88. The van der Waals surface area contributed by atoms with Crippen molar-refractivity contribution in [3.05, 3.63) is 42.0 Å². The molecule has 1 fully saturated rings. The molecule has 162 valence electrons. The lowest BCUT2D eigenvalue weighted by molar-refractivity contribution is 0.0599. The minimum absolute atomic E-state index is 0.0365. The van der Waals surface area contributed by atoms with Gasteiger partial charge in [-0.25, -0.2) is 27.6 Å². The molecule has 0 aliphatic carbocycles. The molecule has 1 aromatic heterocycles. The van der Waals surface area contributed by atoms with Gasteiger partial charge in [-0.2, -0.15) is 0 Å². The van der Waals surface area contributed by atoms with Crippen LogP contribution in [0.5, 0.6) is 0 Å². The van der Waals surface area contributed by atoms with Gasteiger partial charge in [0.2, 0.25) is 5.95 Å². The van der Waals surface area contributed by atoms with Crippen LogP contribution < -0.4 is 9.80 Å². The minimum atomic E-state index is -3.66. The van der Waals surface area contributed by atoms with Crippen LogP contribution in [-0.2, 0) is 14.6 Å². The zero-order chi connectivity index (χ0) is 22.1. The van der Waals surface area contributed by atoms with Crippen molar-refractivity contribution in [1.29, 1.82) is 0 Å². The first kappa shape index (κ1) is 21.9. The fourth-order valence-electron chi connectivity index (χ4n) is 3.53. The SMILES string of the molecule is COC(=O)c1cnc(N2CCN(c3ccc(F)c(S(C)(=O)=O)c3)C[C@H]2C(C)C)nc1. The number of esters is 1. The zero-order valence-corrected chi connectivity index (χ0v) is 18.2. The summed E-state index contributed by atoms with van der Waals surface area (Å²) in [4.78, 5) is 24.1. The Labute approximate surface area is 175 Å². The summed E-state index contributed by atoms with van der Waals surface area (Å²) in [6, 6.07) is 4.21. The van der Waals surface area contributed by atoms with E-state index >= 15 is 0 Å². The topological polar surface area (TPSA) is 92.7 Å². The Bertz CT molecular complexity index is 1030. The highest BCUT2D eigenvalue weighted by atomic mass is 32.2. The normalized spacial score (nSPS) is 17.3. The van der Waals surface area contributed by atoms with Gasteiger partial charge in [0.1, 0.15) is 10.7 Å². The molecule has 1 aliphatic rings. The number of sulfone groups is 1. The van der Waals surface area contributed by atoms with E-state index in [1.54, 1.807) is 6.07 Å². The molecule has 3 rings (SSSR count). The molecule has 0 spiro atoms. The number of methoxy groups -OCH3 is 1. The molecule has 0 amide bonds. The number of carbonyl (C=O) groups is 1. The lowest BCUT2D eigenvalue weighted by Gasteiger charge is -2.44. The van der Waals surface area contributed by atoms with Gasteiger partial charge in [0.25, 0.3) is 0 Å². The molecule has 0 radical (unpaired) electrons. The first-order valence-electron chi connectivity index (χ1n) is 9.53. The van der Waals surface area contributed by atoms with Crippen LogP contribution in [0.4, 0.5) is 16.0 Å². The summed E-state index contributed by atoms with van der Waals surface area (Å²) in [7, 11) is -2.36. The van der Waals surface area contributed by atoms with Gasteiger partial charge < -0.3 is 14.5 Å². The Kier molecular flexibility index (Phi) is 6.25. The molecular weight excluding hydrogens is 411 g/mol. The number of ether oxygens (including phenoxy) is 1. The average Bonchev–Trinajstić information content (AvgIpc) is 2.72. The van der Waals surface area contributed by atoms with Crippen LogP contribution in [-0.4, -0.2) is 63.4 Å². The van der Waals surface area contributed by atoms with Crippen LogP contribution in [0, 0.1) is 11.7 Å². The second-order valence-corrected chi connectivity index (χ2v) is 9.59. The number of aromatic nitrogens is 2. The molecule has 8 nitrogen and oxygen atoms in total. The fraction of sp³-hybridized carbons (Fsp3) is 0.450. The molecule has 0 N–H and O–H groups in total. The van der Waals surface area contributed by atoms with E-state index in [-0.39, 0.29) is 22.4 Å². The lowest BCUT2D eigenvalue weighted by Crippen LogP contribution is -2.56. The van der Waals surface area contributed by atoms with Gasteiger partial charge in [-0.05, 0) is 24.1 Å². The summed E-state index contributed by atoms with van der Waals surface area (Å²) in [5.74, 6) is -0.493. The van der Waals surface area contributed by atoms with Crippen LogP contribution in [0.25, 0.3) is 0 Å². The van der Waals surface area contributed by atoms with E-state index < -0.39 is 21.6 Å². The molecule has 0 unspecified atom stereocenters. The first-order chi connectivity index (χ1) is 14.1. The molecular formula is C20H25FN4O4S. The summed E-state index contributed by atoms with van der Waals surface area (Å²) in [6.45, 7) is 5.92. The number of carbonyl (C=O) groups excluding carboxylic acids is 1. The standard InChI is InChI=1S/C20H25FN4O4S/c1-13(2)17-12-24(15-5-6-16(21)18(9-15)30(4,27)28)7-8-25(17)20-22-10-14(11-23-20)19(26)29-3/h5-6,9-11,13,17H,7-8,12H2,1-4H3/t17-/m0/s1. The van der Waals surface area contributed by atoms with E-state index in [4.69, 9.17) is 0 Å². The van der Waals surface area contributed by atoms with E-state index in [1.165, 1.54) is 31.6 Å². The highest BCUT2D eigenvalue weighted by Gasteiger charge is 2.31. The van der Waals surface area contributed by atoms with Crippen molar-refractivity contribution in [1.82, 2.24) is 9.97 Å². The quantitative estimate of drug-likeness (QED) is 0.659. The molecule has 10 heteroatoms. The van der Waals surface area contributed by atoms with Crippen molar-refractivity contribution >= 4 is 27.4 Å². The Balaban J connectivity index is 1.85. The fourth-order valence-corrected chi connectivity index (χ4v) is 4.29. The van der Waals surface area contributed by atoms with Crippen molar-refractivity contribution in [2.75, 3.05) is 42.8 Å². The van der Waals surface area contributed by atoms with Crippen LogP contribution in [0.2, 0.25) is 0 Å². The van der Waals surface area contributed by atoms with Gasteiger partial charge in [-0.15, -0.1) is 0 Å². The number of hydrogen-bond acceptors (Lipinski definition) is 8. The third kappa shape index (κ3) is 4.53. The molecule has 1 saturated heterocycles. The van der Waals surface area contributed by atoms with Gasteiger partial charge in [0.15, 0.2) is 9.84 Å². The maximum absolute atomic E-state index is 14.0. The van der Waals surface area contributed by atoms with E-state index in [0.717, 1.165) is 6.26 Å². The summed E-state index contributed by atoms with van der Waals surface area (Å²) < 4.78 is 42.4. The highest BCUT2D eigenvalue weighted by molar-refractivity contribution is 7.90. The van der Waals surface area contributed by atoms with Crippen molar-refractivity contribution in [3.8, 4) is 0 Å². The second-order valence-electron chi connectivity index (χ2n) is 7.60. The van der Waals surface area contributed by atoms with E-state index in [1.807, 2.05) is 4.90 Å². The van der Waals surface area contributed by atoms with Crippen molar-refractivity contribution in [3.63, 3.8) is 0 Å². The molecule has 0 bridgehead atoms. The number of nitrogens with zero attached hydrogens (tertiary/aromatic N) is 4. The number of benzene rings is 1. The Morgan fingerprint density at radius 2 is 1.90 bits per heavy atom. The molecule has 2 aromatic rings. The Morgan fingerprint density at radius 3 is 2.47 bits per heavy atom.